The number of hydrogen-bond donors (Lipinski definition) is 1. The first-order valence-corrected chi connectivity index (χ1v) is 8.35. The number of aryl methyl sites for hydroxylation is 1. The maximum atomic E-state index is 5.64. The first-order valence-electron chi connectivity index (χ1n) is 8.35. The molecule has 3 aliphatic carbocycles. The molecule has 4 rings (SSSR count). The van der Waals surface area contributed by atoms with Crippen LogP contribution in [0.1, 0.15) is 70.2 Å². The summed E-state index contributed by atoms with van der Waals surface area (Å²) in [7, 11) is 0. The molecule has 0 aliphatic heterocycles. The molecule has 0 amide bonds. The third-order valence-corrected chi connectivity index (χ3v) is 7.25. The van der Waals surface area contributed by atoms with Crippen LogP contribution in [0.15, 0.2) is 16.7 Å². The van der Waals surface area contributed by atoms with Crippen LogP contribution in [0, 0.1) is 16.7 Å². The van der Waals surface area contributed by atoms with Crippen LogP contribution in [0.3, 0.4) is 0 Å². The van der Waals surface area contributed by atoms with E-state index in [1.165, 1.54) is 43.4 Å². The van der Waals surface area contributed by atoms with Crippen LogP contribution in [-0.4, -0.2) is 6.04 Å². The highest BCUT2D eigenvalue weighted by Crippen LogP contribution is 2.65. The summed E-state index contributed by atoms with van der Waals surface area (Å²) >= 11 is 0. The molecule has 2 fully saturated rings. The molecule has 1 aromatic heterocycles. The SMILES string of the molecule is CC1(C)C2CCC1(C)C(NC1CCCc3occc31)C2. The Morgan fingerprint density at radius 3 is 2.80 bits per heavy atom. The molecule has 4 unspecified atom stereocenters. The minimum atomic E-state index is 0.471. The smallest absolute Gasteiger partial charge is 0.108 e. The van der Waals surface area contributed by atoms with Crippen LogP contribution in [0.5, 0.6) is 0 Å². The van der Waals surface area contributed by atoms with Crippen molar-refractivity contribution in [3.63, 3.8) is 0 Å². The van der Waals surface area contributed by atoms with E-state index in [1.54, 1.807) is 0 Å². The van der Waals surface area contributed by atoms with Crippen LogP contribution in [-0.2, 0) is 6.42 Å². The zero-order chi connectivity index (χ0) is 14.0. The van der Waals surface area contributed by atoms with Crippen LogP contribution in [0.2, 0.25) is 0 Å². The predicted molar refractivity (Wildman–Crippen MR) is 80.5 cm³/mol. The quantitative estimate of drug-likeness (QED) is 0.860. The second kappa shape index (κ2) is 4.13. The van der Waals surface area contributed by atoms with Crippen LogP contribution < -0.4 is 5.32 Å². The maximum absolute atomic E-state index is 5.64. The largest absolute Gasteiger partial charge is 0.469 e. The van der Waals surface area contributed by atoms with E-state index >= 15 is 0 Å². The van der Waals surface area contributed by atoms with Gasteiger partial charge in [0.05, 0.1) is 6.26 Å². The van der Waals surface area contributed by atoms with E-state index in [-0.39, 0.29) is 0 Å². The maximum Gasteiger partial charge on any atom is 0.108 e. The Kier molecular flexibility index (Phi) is 2.67. The van der Waals surface area contributed by atoms with Gasteiger partial charge in [-0.1, -0.05) is 20.8 Å². The molecule has 2 bridgehead atoms. The highest BCUT2D eigenvalue weighted by molar-refractivity contribution is 5.25. The first-order chi connectivity index (χ1) is 9.52. The molecule has 0 aromatic carbocycles. The molecule has 1 N–H and O–H groups in total. The van der Waals surface area contributed by atoms with Crippen molar-refractivity contribution in [3.8, 4) is 0 Å². The highest BCUT2D eigenvalue weighted by Gasteiger charge is 2.61. The Hall–Kier alpha value is -0.760. The van der Waals surface area contributed by atoms with Crippen LogP contribution >= 0.6 is 0 Å². The first kappa shape index (κ1) is 12.9. The lowest BCUT2D eigenvalue weighted by atomic mass is 9.69. The summed E-state index contributed by atoms with van der Waals surface area (Å²) in [6.45, 7) is 7.52. The van der Waals surface area contributed by atoms with Gasteiger partial charge in [-0.25, -0.2) is 0 Å². The van der Waals surface area contributed by atoms with Gasteiger partial charge in [0.25, 0.3) is 0 Å². The normalized spacial score (nSPS) is 41.9. The van der Waals surface area contributed by atoms with Gasteiger partial charge in [-0.3, -0.25) is 0 Å². The van der Waals surface area contributed by atoms with Crippen molar-refractivity contribution >= 4 is 0 Å². The topological polar surface area (TPSA) is 25.2 Å². The third kappa shape index (κ3) is 1.55. The van der Waals surface area contributed by atoms with Gasteiger partial charge in [0.2, 0.25) is 0 Å². The van der Waals surface area contributed by atoms with Gasteiger partial charge in [0, 0.05) is 24.1 Å². The van der Waals surface area contributed by atoms with E-state index in [2.05, 4.69) is 32.2 Å². The summed E-state index contributed by atoms with van der Waals surface area (Å²) in [5.74, 6) is 2.14. The molecular formula is C18H27NO. The Balaban J connectivity index is 1.58. The Morgan fingerprint density at radius 2 is 2.10 bits per heavy atom. The summed E-state index contributed by atoms with van der Waals surface area (Å²) in [6.07, 6.45) is 9.72. The predicted octanol–water partition coefficient (Wildman–Crippen LogP) is 4.46. The second-order valence-corrected chi connectivity index (χ2v) is 8.07. The summed E-state index contributed by atoms with van der Waals surface area (Å²) in [6, 6.07) is 3.39. The molecule has 110 valence electrons. The number of rotatable bonds is 2. The van der Waals surface area contributed by atoms with Crippen molar-refractivity contribution in [1.29, 1.82) is 0 Å². The zero-order valence-electron chi connectivity index (χ0n) is 13.0. The molecule has 2 nitrogen and oxygen atoms in total. The lowest BCUT2D eigenvalue weighted by molar-refractivity contribution is 0.113. The van der Waals surface area contributed by atoms with Gasteiger partial charge in [0.1, 0.15) is 5.76 Å². The number of fused-ring (bicyclic) bond motifs is 3. The summed E-state index contributed by atoms with van der Waals surface area (Å²) in [5.41, 5.74) is 2.40. The molecule has 2 heteroatoms. The van der Waals surface area contributed by atoms with Gasteiger partial charge in [-0.2, -0.15) is 0 Å². The molecule has 0 radical (unpaired) electrons. The van der Waals surface area contributed by atoms with E-state index < -0.39 is 0 Å². The molecule has 3 aliphatic rings. The van der Waals surface area contributed by atoms with Crippen molar-refractivity contribution in [1.82, 2.24) is 5.32 Å². The van der Waals surface area contributed by atoms with E-state index in [0.29, 0.717) is 22.9 Å². The van der Waals surface area contributed by atoms with Gasteiger partial charge >= 0.3 is 0 Å². The van der Waals surface area contributed by atoms with E-state index in [9.17, 15) is 0 Å². The average molecular weight is 273 g/mol. The highest BCUT2D eigenvalue weighted by atomic mass is 16.3. The van der Waals surface area contributed by atoms with Crippen LogP contribution in [0.4, 0.5) is 0 Å². The molecule has 2 saturated carbocycles. The molecular weight excluding hydrogens is 246 g/mol. The molecule has 4 atom stereocenters. The summed E-state index contributed by atoms with van der Waals surface area (Å²) in [5, 5.41) is 4.03. The van der Waals surface area contributed by atoms with Gasteiger partial charge < -0.3 is 9.73 Å². The Labute approximate surface area is 122 Å². The van der Waals surface area contributed by atoms with Gasteiger partial charge in [0.15, 0.2) is 0 Å². The van der Waals surface area contributed by atoms with Gasteiger partial charge in [-0.05, 0) is 54.9 Å². The van der Waals surface area contributed by atoms with Gasteiger partial charge in [-0.15, -0.1) is 0 Å². The fourth-order valence-electron chi connectivity index (χ4n) is 5.36. The minimum Gasteiger partial charge on any atom is -0.469 e. The van der Waals surface area contributed by atoms with E-state index in [1.807, 2.05) is 6.26 Å². The summed E-state index contributed by atoms with van der Waals surface area (Å²) in [4.78, 5) is 0. The Morgan fingerprint density at radius 1 is 1.25 bits per heavy atom. The van der Waals surface area contributed by atoms with Crippen molar-refractivity contribution < 1.29 is 4.42 Å². The molecule has 20 heavy (non-hydrogen) atoms. The Bertz CT molecular complexity index is 517. The van der Waals surface area contributed by atoms with E-state index in [4.69, 9.17) is 4.42 Å². The minimum absolute atomic E-state index is 0.471. The van der Waals surface area contributed by atoms with Crippen molar-refractivity contribution in [2.45, 2.75) is 71.4 Å². The van der Waals surface area contributed by atoms with E-state index in [0.717, 1.165) is 12.3 Å². The summed E-state index contributed by atoms with van der Waals surface area (Å²) < 4.78 is 5.64. The van der Waals surface area contributed by atoms with Crippen molar-refractivity contribution in [2.24, 2.45) is 16.7 Å². The van der Waals surface area contributed by atoms with Crippen molar-refractivity contribution in [3.05, 3.63) is 23.7 Å². The monoisotopic (exact) mass is 273 g/mol. The molecule has 1 heterocycles. The number of furan rings is 1. The number of hydrogen-bond acceptors (Lipinski definition) is 2. The average Bonchev–Trinajstić information content (AvgIpc) is 3.02. The molecule has 0 saturated heterocycles. The zero-order valence-corrected chi connectivity index (χ0v) is 13.0. The van der Waals surface area contributed by atoms with Crippen LogP contribution in [0.25, 0.3) is 0 Å². The lowest BCUT2D eigenvalue weighted by Crippen LogP contribution is -2.46. The lowest BCUT2D eigenvalue weighted by Gasteiger charge is -2.41. The second-order valence-electron chi connectivity index (χ2n) is 8.07. The number of nitrogens with one attached hydrogen (secondary N) is 1. The fraction of sp³-hybridized carbons (Fsp3) is 0.778. The third-order valence-electron chi connectivity index (χ3n) is 7.25. The fourth-order valence-corrected chi connectivity index (χ4v) is 5.36. The van der Waals surface area contributed by atoms with Crippen molar-refractivity contribution in [2.75, 3.05) is 0 Å². The molecule has 0 spiro atoms. The standard InChI is InChI=1S/C18H27NO/c1-17(2)12-7-9-18(17,3)16(11-12)19-14-5-4-6-15-13(14)8-10-20-15/h8,10,12,14,16,19H,4-7,9,11H2,1-3H3. The molecule has 1 aromatic rings.